The largest absolute Gasteiger partial charge is 0.462 e. The first-order chi connectivity index (χ1) is 9.23. The summed E-state index contributed by atoms with van der Waals surface area (Å²) in [6, 6.07) is 1.21. The van der Waals surface area contributed by atoms with E-state index in [1.807, 2.05) is 13.8 Å². The molecule has 1 fully saturated rings. The van der Waals surface area contributed by atoms with Crippen molar-refractivity contribution in [3.63, 3.8) is 0 Å². The van der Waals surface area contributed by atoms with Gasteiger partial charge in [0.1, 0.15) is 23.0 Å². The lowest BCUT2D eigenvalue weighted by molar-refractivity contribution is -0.0599. The molecule has 1 aromatic heterocycles. The normalized spacial score (nSPS) is 22.9. The Morgan fingerprint density at radius 2 is 2.20 bits per heavy atom. The molecule has 114 valence electrons. The van der Waals surface area contributed by atoms with Crippen molar-refractivity contribution in [1.29, 1.82) is 0 Å². The first kappa shape index (κ1) is 15.5. The lowest BCUT2D eigenvalue weighted by Crippen LogP contribution is -2.45. The summed E-state index contributed by atoms with van der Waals surface area (Å²) >= 11 is 0. The summed E-state index contributed by atoms with van der Waals surface area (Å²) in [6.07, 6.45) is 1.27. The highest BCUT2D eigenvalue weighted by Gasteiger charge is 2.32. The predicted molar refractivity (Wildman–Crippen MR) is 72.7 cm³/mol. The van der Waals surface area contributed by atoms with Gasteiger partial charge < -0.3 is 14.3 Å². The molecule has 20 heavy (non-hydrogen) atoms. The van der Waals surface area contributed by atoms with Crippen LogP contribution in [0.1, 0.15) is 38.2 Å². The van der Waals surface area contributed by atoms with Gasteiger partial charge in [0.2, 0.25) is 10.0 Å². The van der Waals surface area contributed by atoms with E-state index in [1.54, 1.807) is 6.92 Å². The molecule has 0 spiro atoms. The number of nitrogens with one attached hydrogen (secondary N) is 1. The van der Waals surface area contributed by atoms with Gasteiger partial charge in [-0.15, -0.1) is 0 Å². The number of rotatable bonds is 4. The van der Waals surface area contributed by atoms with Gasteiger partial charge in [-0.1, -0.05) is 0 Å². The van der Waals surface area contributed by atoms with Crippen LogP contribution in [-0.4, -0.2) is 31.8 Å². The molecule has 0 aromatic carbocycles. The minimum atomic E-state index is -3.64. The monoisotopic (exact) mass is 303 g/mol. The molecule has 1 unspecified atom stereocenters. The van der Waals surface area contributed by atoms with E-state index in [0.717, 1.165) is 0 Å². The van der Waals surface area contributed by atoms with E-state index in [2.05, 4.69) is 4.72 Å². The summed E-state index contributed by atoms with van der Waals surface area (Å²) in [5.41, 5.74) is -0.326. The highest BCUT2D eigenvalue weighted by molar-refractivity contribution is 7.89. The Morgan fingerprint density at radius 1 is 1.50 bits per heavy atom. The van der Waals surface area contributed by atoms with Crippen molar-refractivity contribution < 1.29 is 22.7 Å². The molecule has 2 N–H and O–H groups in total. The van der Waals surface area contributed by atoms with Crippen LogP contribution in [0.4, 0.5) is 0 Å². The molecule has 0 amide bonds. The van der Waals surface area contributed by atoms with Gasteiger partial charge in [-0.3, -0.25) is 0 Å². The van der Waals surface area contributed by atoms with Gasteiger partial charge in [0.05, 0.1) is 5.60 Å². The molecule has 1 aliphatic heterocycles. The topological polar surface area (TPSA) is 88.8 Å². The first-order valence-corrected chi connectivity index (χ1v) is 8.08. The van der Waals surface area contributed by atoms with Crippen molar-refractivity contribution in [2.24, 2.45) is 0 Å². The Bertz CT molecular complexity index is 576. The lowest BCUT2D eigenvalue weighted by Gasteiger charge is -2.35. The van der Waals surface area contributed by atoms with E-state index < -0.39 is 10.0 Å². The fourth-order valence-corrected chi connectivity index (χ4v) is 3.96. The van der Waals surface area contributed by atoms with Crippen LogP contribution in [-0.2, 0) is 21.4 Å². The molecule has 0 bridgehead atoms. The van der Waals surface area contributed by atoms with Crippen molar-refractivity contribution in [3.8, 4) is 0 Å². The Hall–Kier alpha value is -0.890. The minimum Gasteiger partial charge on any atom is -0.462 e. The summed E-state index contributed by atoms with van der Waals surface area (Å²) in [5, 5.41) is 9.01. The number of sulfonamides is 1. The molecule has 2 heterocycles. The van der Waals surface area contributed by atoms with Crippen molar-refractivity contribution in [3.05, 3.63) is 17.6 Å². The highest BCUT2D eigenvalue weighted by Crippen LogP contribution is 2.26. The lowest BCUT2D eigenvalue weighted by atomic mass is 9.95. The molecular weight excluding hydrogens is 282 g/mol. The molecule has 0 radical (unpaired) electrons. The van der Waals surface area contributed by atoms with E-state index in [0.29, 0.717) is 19.4 Å². The third kappa shape index (κ3) is 3.41. The number of ether oxygens (including phenoxy) is 1. The maximum atomic E-state index is 12.4. The number of aliphatic hydroxyl groups is 1. The Kier molecular flexibility index (Phi) is 4.24. The number of hydrogen-bond donors (Lipinski definition) is 2. The Morgan fingerprint density at radius 3 is 2.75 bits per heavy atom. The predicted octanol–water partition coefficient (Wildman–Crippen LogP) is 1.32. The maximum absolute atomic E-state index is 12.4. The van der Waals surface area contributed by atoms with Gasteiger partial charge in [-0.05, 0) is 33.6 Å². The highest BCUT2D eigenvalue weighted by atomic mass is 32.2. The van der Waals surface area contributed by atoms with Crippen LogP contribution in [0.3, 0.4) is 0 Å². The standard InChI is InChI=1S/C13H21NO5S/c1-9-12(6-11(8-15)19-9)20(16,17)14-10-4-5-18-13(2,3)7-10/h6,10,14-15H,4-5,7-8H2,1-3H3. The van der Waals surface area contributed by atoms with Gasteiger partial charge in [0.15, 0.2) is 0 Å². The second kappa shape index (κ2) is 5.48. The van der Waals surface area contributed by atoms with Gasteiger partial charge in [-0.25, -0.2) is 13.1 Å². The van der Waals surface area contributed by atoms with Crippen molar-refractivity contribution in [2.45, 2.75) is 56.8 Å². The smallest absolute Gasteiger partial charge is 0.244 e. The number of aliphatic hydroxyl groups excluding tert-OH is 1. The average molecular weight is 303 g/mol. The van der Waals surface area contributed by atoms with Crippen LogP contribution in [0.15, 0.2) is 15.4 Å². The Balaban J connectivity index is 2.16. The van der Waals surface area contributed by atoms with Crippen molar-refractivity contribution >= 4 is 10.0 Å². The van der Waals surface area contributed by atoms with Crippen LogP contribution in [0.25, 0.3) is 0 Å². The van der Waals surface area contributed by atoms with Gasteiger partial charge >= 0.3 is 0 Å². The number of hydrogen-bond acceptors (Lipinski definition) is 5. The molecule has 1 aliphatic rings. The second-order valence-electron chi connectivity index (χ2n) is 5.71. The first-order valence-electron chi connectivity index (χ1n) is 6.60. The molecule has 2 rings (SSSR count). The van der Waals surface area contributed by atoms with Crippen LogP contribution in [0, 0.1) is 6.92 Å². The fourth-order valence-electron chi connectivity index (χ4n) is 2.48. The molecule has 0 aliphatic carbocycles. The van der Waals surface area contributed by atoms with E-state index in [1.165, 1.54) is 6.07 Å². The zero-order valence-electron chi connectivity index (χ0n) is 12.0. The van der Waals surface area contributed by atoms with Gasteiger partial charge in [0, 0.05) is 18.7 Å². The molecule has 0 saturated carbocycles. The van der Waals surface area contributed by atoms with E-state index in [-0.39, 0.29) is 34.7 Å². The minimum absolute atomic E-state index is 0.0887. The molecule has 1 atom stereocenters. The van der Waals surface area contributed by atoms with Crippen molar-refractivity contribution in [1.82, 2.24) is 4.72 Å². The van der Waals surface area contributed by atoms with E-state index in [9.17, 15) is 8.42 Å². The summed E-state index contributed by atoms with van der Waals surface area (Å²) in [4.78, 5) is 0.0887. The zero-order chi connectivity index (χ0) is 15.0. The SMILES string of the molecule is Cc1oc(CO)cc1S(=O)(=O)NC1CCOC(C)(C)C1. The van der Waals surface area contributed by atoms with Crippen LogP contribution >= 0.6 is 0 Å². The molecule has 1 aromatic rings. The molecule has 7 heteroatoms. The van der Waals surface area contributed by atoms with Gasteiger partial charge in [0.25, 0.3) is 0 Å². The quantitative estimate of drug-likeness (QED) is 0.875. The summed E-state index contributed by atoms with van der Waals surface area (Å²) in [7, 11) is -3.64. The maximum Gasteiger partial charge on any atom is 0.244 e. The van der Waals surface area contributed by atoms with Crippen LogP contribution < -0.4 is 4.72 Å². The van der Waals surface area contributed by atoms with Crippen LogP contribution in [0.2, 0.25) is 0 Å². The van der Waals surface area contributed by atoms with E-state index >= 15 is 0 Å². The van der Waals surface area contributed by atoms with E-state index in [4.69, 9.17) is 14.3 Å². The van der Waals surface area contributed by atoms with Crippen LogP contribution in [0.5, 0.6) is 0 Å². The zero-order valence-corrected chi connectivity index (χ0v) is 12.8. The fraction of sp³-hybridized carbons (Fsp3) is 0.692. The average Bonchev–Trinajstić information content (AvgIpc) is 2.69. The number of furan rings is 1. The summed E-state index contributed by atoms with van der Waals surface area (Å²) in [5.74, 6) is 0.531. The summed E-state index contributed by atoms with van der Waals surface area (Å²) < 4.78 is 38.2. The van der Waals surface area contributed by atoms with Gasteiger partial charge in [-0.2, -0.15) is 0 Å². The number of aryl methyl sites for hydroxylation is 1. The molecule has 1 saturated heterocycles. The Labute approximate surface area is 119 Å². The molecular formula is C13H21NO5S. The summed E-state index contributed by atoms with van der Waals surface area (Å²) in [6.45, 7) is 5.68. The molecule has 6 nitrogen and oxygen atoms in total. The second-order valence-corrected chi connectivity index (χ2v) is 7.39. The third-order valence-electron chi connectivity index (χ3n) is 3.39. The third-order valence-corrected chi connectivity index (χ3v) is 5.02. The van der Waals surface area contributed by atoms with Crippen molar-refractivity contribution in [2.75, 3.05) is 6.61 Å².